The molecule has 80 valence electrons. The Morgan fingerprint density at radius 2 is 1.93 bits per heavy atom. The fraction of sp³-hybridized carbons (Fsp3) is 0.417. The van der Waals surface area contributed by atoms with E-state index in [1.807, 2.05) is 13.8 Å². The van der Waals surface area contributed by atoms with Gasteiger partial charge in [-0.1, -0.05) is 13.8 Å². The summed E-state index contributed by atoms with van der Waals surface area (Å²) in [5, 5.41) is 0. The lowest BCUT2D eigenvalue weighted by Gasteiger charge is -2.06. The van der Waals surface area contributed by atoms with E-state index in [1.54, 1.807) is 24.5 Å². The molecule has 0 aromatic carbocycles. The number of aromatic nitrogens is 1. The molecule has 0 saturated heterocycles. The molecule has 0 N–H and O–H groups in total. The predicted molar refractivity (Wildman–Crippen MR) is 57.6 cm³/mol. The maximum atomic E-state index is 11.6. The monoisotopic (exact) mass is 205 g/mol. The normalized spacial score (nSPS) is 12.1. The molecule has 0 fully saturated rings. The SMILES string of the molecule is CCC(C)C(=O)CC(=O)c1ccncc1. The predicted octanol–water partition coefficient (Wildman–Crippen LogP) is 2.27. The van der Waals surface area contributed by atoms with Gasteiger partial charge in [0.25, 0.3) is 0 Å². The van der Waals surface area contributed by atoms with Crippen molar-refractivity contribution in [2.24, 2.45) is 5.92 Å². The molecule has 3 nitrogen and oxygen atoms in total. The van der Waals surface area contributed by atoms with Crippen LogP contribution in [-0.2, 0) is 4.79 Å². The molecule has 1 unspecified atom stereocenters. The van der Waals surface area contributed by atoms with Crippen molar-refractivity contribution < 1.29 is 9.59 Å². The lowest BCUT2D eigenvalue weighted by molar-refractivity contribution is -0.121. The van der Waals surface area contributed by atoms with Crippen molar-refractivity contribution in [3.8, 4) is 0 Å². The summed E-state index contributed by atoms with van der Waals surface area (Å²) in [5.41, 5.74) is 0.557. The number of pyridine rings is 1. The number of hydrogen-bond acceptors (Lipinski definition) is 3. The molecule has 1 aromatic heterocycles. The van der Waals surface area contributed by atoms with Crippen LogP contribution in [-0.4, -0.2) is 16.6 Å². The van der Waals surface area contributed by atoms with Gasteiger partial charge in [0, 0.05) is 23.9 Å². The van der Waals surface area contributed by atoms with E-state index in [0.29, 0.717) is 5.56 Å². The fourth-order valence-electron chi connectivity index (χ4n) is 1.20. The first-order chi connectivity index (χ1) is 7.15. The molecule has 0 amide bonds. The van der Waals surface area contributed by atoms with Gasteiger partial charge < -0.3 is 0 Å². The molecule has 0 bridgehead atoms. The highest BCUT2D eigenvalue weighted by Crippen LogP contribution is 2.09. The average molecular weight is 205 g/mol. The molecular formula is C12H15NO2. The summed E-state index contributed by atoms with van der Waals surface area (Å²) in [7, 11) is 0. The van der Waals surface area contributed by atoms with Crippen LogP contribution in [0.2, 0.25) is 0 Å². The number of nitrogens with zero attached hydrogens (tertiary/aromatic N) is 1. The van der Waals surface area contributed by atoms with Crippen LogP contribution in [0.25, 0.3) is 0 Å². The first kappa shape index (κ1) is 11.6. The van der Waals surface area contributed by atoms with E-state index >= 15 is 0 Å². The number of Topliss-reactive ketones (excluding diaryl/α,β-unsaturated/α-hetero) is 2. The van der Waals surface area contributed by atoms with Crippen LogP contribution in [0.4, 0.5) is 0 Å². The molecule has 0 saturated carbocycles. The second-order valence-electron chi connectivity index (χ2n) is 3.61. The van der Waals surface area contributed by atoms with Crippen molar-refractivity contribution in [2.45, 2.75) is 26.7 Å². The number of ketones is 2. The summed E-state index contributed by atoms with van der Waals surface area (Å²) in [6.07, 6.45) is 3.89. The average Bonchev–Trinajstić information content (AvgIpc) is 2.29. The molecule has 3 heteroatoms. The molecule has 1 aromatic rings. The summed E-state index contributed by atoms with van der Waals surface area (Å²) < 4.78 is 0. The van der Waals surface area contributed by atoms with Gasteiger partial charge in [-0.05, 0) is 18.6 Å². The van der Waals surface area contributed by atoms with Gasteiger partial charge in [0.05, 0.1) is 6.42 Å². The van der Waals surface area contributed by atoms with Gasteiger partial charge in [-0.15, -0.1) is 0 Å². The minimum atomic E-state index is -0.122. The van der Waals surface area contributed by atoms with Crippen molar-refractivity contribution in [3.63, 3.8) is 0 Å². The number of carbonyl (C=O) groups is 2. The zero-order chi connectivity index (χ0) is 11.3. The van der Waals surface area contributed by atoms with Crippen molar-refractivity contribution in [3.05, 3.63) is 30.1 Å². The largest absolute Gasteiger partial charge is 0.299 e. The van der Waals surface area contributed by atoms with Crippen LogP contribution in [0.3, 0.4) is 0 Å². The van der Waals surface area contributed by atoms with Gasteiger partial charge in [0.2, 0.25) is 0 Å². The van der Waals surface area contributed by atoms with E-state index in [2.05, 4.69) is 4.98 Å². The van der Waals surface area contributed by atoms with E-state index in [9.17, 15) is 9.59 Å². The minimum Gasteiger partial charge on any atom is -0.299 e. The molecular weight excluding hydrogens is 190 g/mol. The summed E-state index contributed by atoms with van der Waals surface area (Å²) in [4.78, 5) is 27.0. The maximum Gasteiger partial charge on any atom is 0.170 e. The van der Waals surface area contributed by atoms with Crippen molar-refractivity contribution in [2.75, 3.05) is 0 Å². The first-order valence-corrected chi connectivity index (χ1v) is 5.11. The number of carbonyl (C=O) groups excluding carboxylic acids is 2. The van der Waals surface area contributed by atoms with E-state index < -0.39 is 0 Å². The van der Waals surface area contributed by atoms with Crippen LogP contribution >= 0.6 is 0 Å². The molecule has 0 aliphatic heterocycles. The molecule has 0 aliphatic carbocycles. The quantitative estimate of drug-likeness (QED) is 0.547. The Kier molecular flexibility index (Phi) is 4.16. The van der Waals surface area contributed by atoms with Gasteiger partial charge in [0.15, 0.2) is 5.78 Å². The van der Waals surface area contributed by atoms with Gasteiger partial charge in [0.1, 0.15) is 5.78 Å². The zero-order valence-electron chi connectivity index (χ0n) is 9.06. The van der Waals surface area contributed by atoms with Gasteiger partial charge in [-0.25, -0.2) is 0 Å². The molecule has 0 aliphatic rings. The van der Waals surface area contributed by atoms with Crippen molar-refractivity contribution in [1.29, 1.82) is 0 Å². The third kappa shape index (κ3) is 3.27. The third-order valence-electron chi connectivity index (χ3n) is 2.50. The molecule has 0 spiro atoms. The highest BCUT2D eigenvalue weighted by Gasteiger charge is 2.15. The molecule has 15 heavy (non-hydrogen) atoms. The van der Waals surface area contributed by atoms with E-state index in [4.69, 9.17) is 0 Å². The maximum absolute atomic E-state index is 11.6. The van der Waals surface area contributed by atoms with Gasteiger partial charge in [-0.3, -0.25) is 14.6 Å². The summed E-state index contributed by atoms with van der Waals surface area (Å²) in [6, 6.07) is 3.26. The molecule has 1 atom stereocenters. The van der Waals surface area contributed by atoms with Crippen LogP contribution in [0, 0.1) is 5.92 Å². The van der Waals surface area contributed by atoms with Crippen molar-refractivity contribution in [1.82, 2.24) is 4.98 Å². The van der Waals surface area contributed by atoms with E-state index in [0.717, 1.165) is 6.42 Å². The Labute approximate surface area is 89.5 Å². The van der Waals surface area contributed by atoms with E-state index in [1.165, 1.54) is 0 Å². The third-order valence-corrected chi connectivity index (χ3v) is 2.50. The number of rotatable bonds is 5. The Morgan fingerprint density at radius 1 is 1.33 bits per heavy atom. The lowest BCUT2D eigenvalue weighted by atomic mass is 9.97. The van der Waals surface area contributed by atoms with Gasteiger partial charge in [-0.2, -0.15) is 0 Å². The summed E-state index contributed by atoms with van der Waals surface area (Å²) >= 11 is 0. The molecule has 1 heterocycles. The fourth-order valence-corrected chi connectivity index (χ4v) is 1.20. The van der Waals surface area contributed by atoms with Crippen LogP contribution in [0.15, 0.2) is 24.5 Å². The second-order valence-corrected chi connectivity index (χ2v) is 3.61. The second kappa shape index (κ2) is 5.39. The number of hydrogen-bond donors (Lipinski definition) is 0. The Bertz CT molecular complexity index is 346. The van der Waals surface area contributed by atoms with Crippen molar-refractivity contribution >= 4 is 11.6 Å². The highest BCUT2D eigenvalue weighted by atomic mass is 16.1. The lowest BCUT2D eigenvalue weighted by Crippen LogP contribution is -2.15. The topological polar surface area (TPSA) is 47.0 Å². The first-order valence-electron chi connectivity index (χ1n) is 5.11. The summed E-state index contributed by atoms with van der Waals surface area (Å²) in [6.45, 7) is 3.79. The summed E-state index contributed by atoms with van der Waals surface area (Å²) in [5.74, 6) is -0.141. The highest BCUT2D eigenvalue weighted by molar-refractivity contribution is 6.08. The molecule has 0 radical (unpaired) electrons. The van der Waals surface area contributed by atoms with Gasteiger partial charge >= 0.3 is 0 Å². The van der Waals surface area contributed by atoms with Crippen LogP contribution < -0.4 is 0 Å². The Balaban J connectivity index is 2.61. The Morgan fingerprint density at radius 3 is 2.47 bits per heavy atom. The van der Waals surface area contributed by atoms with E-state index in [-0.39, 0.29) is 23.9 Å². The standard InChI is InChI=1S/C12H15NO2/c1-3-9(2)11(14)8-12(15)10-4-6-13-7-5-10/h4-7,9H,3,8H2,1-2H3. The van der Waals surface area contributed by atoms with Crippen LogP contribution in [0.5, 0.6) is 0 Å². The minimum absolute atomic E-state index is 0.000972. The zero-order valence-corrected chi connectivity index (χ0v) is 9.06. The van der Waals surface area contributed by atoms with Crippen LogP contribution in [0.1, 0.15) is 37.0 Å². The smallest absolute Gasteiger partial charge is 0.170 e. The Hall–Kier alpha value is -1.51. The molecule has 1 rings (SSSR count).